The molecule has 2 aliphatic rings. The summed E-state index contributed by atoms with van der Waals surface area (Å²) in [5, 5.41) is 0. The maximum absolute atomic E-state index is 5.90. The van der Waals surface area contributed by atoms with Gasteiger partial charge in [0.05, 0.1) is 13.2 Å². The molecule has 1 saturated carbocycles. The zero-order valence-corrected chi connectivity index (χ0v) is 9.03. The van der Waals surface area contributed by atoms with Crippen molar-refractivity contribution in [3.05, 3.63) is 29.8 Å². The summed E-state index contributed by atoms with van der Waals surface area (Å²) >= 11 is 0. The van der Waals surface area contributed by atoms with Crippen LogP contribution in [0.1, 0.15) is 31.2 Å². The van der Waals surface area contributed by atoms with Gasteiger partial charge in [-0.2, -0.15) is 0 Å². The average Bonchev–Trinajstić information content (AvgIpc) is 3.05. The minimum absolute atomic E-state index is 0.0484. The van der Waals surface area contributed by atoms with Crippen LogP contribution in [0.5, 0.6) is 5.75 Å². The zero-order chi connectivity index (χ0) is 10.3. The number of epoxide rings is 1. The van der Waals surface area contributed by atoms with Crippen molar-refractivity contribution in [3.63, 3.8) is 0 Å². The molecule has 3 rings (SSSR count). The van der Waals surface area contributed by atoms with E-state index in [0.717, 1.165) is 5.75 Å². The molecule has 2 unspecified atom stereocenters. The molecule has 0 amide bonds. The quantitative estimate of drug-likeness (QED) is 0.691. The van der Waals surface area contributed by atoms with E-state index in [1.807, 2.05) is 6.07 Å². The number of fused-ring (bicyclic) bond motifs is 1. The van der Waals surface area contributed by atoms with Crippen LogP contribution in [-0.2, 0) is 10.3 Å². The smallest absolute Gasteiger partial charge is 0.120 e. The molecule has 0 spiro atoms. The van der Waals surface area contributed by atoms with Gasteiger partial charge in [0, 0.05) is 0 Å². The highest BCUT2D eigenvalue weighted by Gasteiger charge is 2.58. The minimum Gasteiger partial charge on any atom is -0.497 e. The summed E-state index contributed by atoms with van der Waals surface area (Å²) in [7, 11) is 1.71. The number of methoxy groups -OCH3 is 1. The highest BCUT2D eigenvalue weighted by atomic mass is 16.6. The molecule has 1 heterocycles. The van der Waals surface area contributed by atoms with E-state index < -0.39 is 0 Å². The van der Waals surface area contributed by atoms with E-state index in [2.05, 4.69) is 18.2 Å². The molecule has 80 valence electrons. The summed E-state index contributed by atoms with van der Waals surface area (Å²) in [6, 6.07) is 8.32. The lowest BCUT2D eigenvalue weighted by Gasteiger charge is -2.17. The molecule has 0 N–H and O–H groups in total. The highest BCUT2D eigenvalue weighted by Crippen LogP contribution is 2.55. The maximum atomic E-state index is 5.90. The van der Waals surface area contributed by atoms with E-state index in [-0.39, 0.29) is 5.60 Å². The molecule has 0 bridgehead atoms. The van der Waals surface area contributed by atoms with Crippen molar-refractivity contribution < 1.29 is 9.47 Å². The minimum atomic E-state index is 0.0484. The Morgan fingerprint density at radius 1 is 1.40 bits per heavy atom. The first-order chi connectivity index (χ1) is 7.35. The molecule has 15 heavy (non-hydrogen) atoms. The molecule has 1 saturated heterocycles. The standard InChI is InChI=1S/C13H16O2/c1-14-11-6-4-5-10(9-11)13-8-3-2-7-12(13)15-13/h4-6,9,12H,2-3,7-8H2,1H3. The van der Waals surface area contributed by atoms with Gasteiger partial charge in [-0.05, 0) is 30.5 Å². The fraction of sp³-hybridized carbons (Fsp3) is 0.538. The van der Waals surface area contributed by atoms with Gasteiger partial charge in [-0.1, -0.05) is 25.0 Å². The first kappa shape index (κ1) is 9.22. The van der Waals surface area contributed by atoms with Gasteiger partial charge in [-0.15, -0.1) is 0 Å². The molecule has 2 fully saturated rings. The molecule has 0 aromatic heterocycles. The molecule has 1 aliphatic heterocycles. The highest BCUT2D eigenvalue weighted by molar-refractivity contribution is 5.36. The van der Waals surface area contributed by atoms with E-state index in [9.17, 15) is 0 Å². The van der Waals surface area contributed by atoms with Gasteiger partial charge in [0.15, 0.2) is 0 Å². The first-order valence-electron chi connectivity index (χ1n) is 5.67. The summed E-state index contributed by atoms with van der Waals surface area (Å²) < 4.78 is 11.1. The second-order valence-electron chi connectivity index (χ2n) is 4.47. The van der Waals surface area contributed by atoms with Crippen molar-refractivity contribution in [3.8, 4) is 5.75 Å². The SMILES string of the molecule is COc1cccc(C23CCCCC2O3)c1. The average molecular weight is 204 g/mol. The van der Waals surface area contributed by atoms with Gasteiger partial charge in [-0.25, -0.2) is 0 Å². The Bertz CT molecular complexity index is 375. The van der Waals surface area contributed by atoms with E-state index >= 15 is 0 Å². The Labute approximate surface area is 90.2 Å². The van der Waals surface area contributed by atoms with E-state index in [1.54, 1.807) is 7.11 Å². The summed E-state index contributed by atoms with van der Waals surface area (Å²) in [6.45, 7) is 0. The lowest BCUT2D eigenvalue weighted by Crippen LogP contribution is -2.16. The van der Waals surface area contributed by atoms with Crippen LogP contribution in [0.15, 0.2) is 24.3 Å². The van der Waals surface area contributed by atoms with Crippen LogP contribution in [0.2, 0.25) is 0 Å². The van der Waals surface area contributed by atoms with Crippen LogP contribution < -0.4 is 4.74 Å². The van der Waals surface area contributed by atoms with Gasteiger partial charge < -0.3 is 9.47 Å². The van der Waals surface area contributed by atoms with Crippen LogP contribution >= 0.6 is 0 Å². The number of ether oxygens (including phenoxy) is 2. The predicted molar refractivity (Wildman–Crippen MR) is 58.0 cm³/mol. The fourth-order valence-corrected chi connectivity index (χ4v) is 2.73. The number of benzene rings is 1. The van der Waals surface area contributed by atoms with Crippen LogP contribution in [0.3, 0.4) is 0 Å². The molecular weight excluding hydrogens is 188 g/mol. The zero-order valence-electron chi connectivity index (χ0n) is 9.03. The van der Waals surface area contributed by atoms with Crippen LogP contribution in [0.4, 0.5) is 0 Å². The third-order valence-corrected chi connectivity index (χ3v) is 3.64. The monoisotopic (exact) mass is 204 g/mol. The molecular formula is C13H16O2. The van der Waals surface area contributed by atoms with Crippen molar-refractivity contribution in [1.29, 1.82) is 0 Å². The van der Waals surface area contributed by atoms with Gasteiger partial charge >= 0.3 is 0 Å². The summed E-state index contributed by atoms with van der Waals surface area (Å²) in [5.41, 5.74) is 1.35. The number of rotatable bonds is 2. The summed E-state index contributed by atoms with van der Waals surface area (Å²) in [5.74, 6) is 0.932. The Kier molecular flexibility index (Phi) is 1.99. The Morgan fingerprint density at radius 2 is 2.33 bits per heavy atom. The van der Waals surface area contributed by atoms with E-state index in [1.165, 1.54) is 31.2 Å². The maximum Gasteiger partial charge on any atom is 0.120 e. The Morgan fingerprint density at radius 3 is 3.13 bits per heavy atom. The first-order valence-corrected chi connectivity index (χ1v) is 5.67. The van der Waals surface area contributed by atoms with Crippen LogP contribution in [0.25, 0.3) is 0 Å². The van der Waals surface area contributed by atoms with Crippen molar-refractivity contribution in [2.24, 2.45) is 0 Å². The fourth-order valence-electron chi connectivity index (χ4n) is 2.73. The van der Waals surface area contributed by atoms with Gasteiger partial charge in [-0.3, -0.25) is 0 Å². The summed E-state index contributed by atoms with van der Waals surface area (Å²) in [4.78, 5) is 0. The number of hydrogen-bond donors (Lipinski definition) is 0. The van der Waals surface area contributed by atoms with Crippen molar-refractivity contribution in [2.45, 2.75) is 37.4 Å². The normalized spacial score (nSPS) is 33.3. The van der Waals surface area contributed by atoms with Gasteiger partial charge in [0.2, 0.25) is 0 Å². The predicted octanol–water partition coefficient (Wildman–Crippen LogP) is 2.86. The van der Waals surface area contributed by atoms with E-state index in [4.69, 9.17) is 9.47 Å². The summed E-state index contributed by atoms with van der Waals surface area (Å²) in [6.07, 6.45) is 5.46. The van der Waals surface area contributed by atoms with Gasteiger partial charge in [0.25, 0.3) is 0 Å². The molecule has 2 atom stereocenters. The molecule has 1 aliphatic carbocycles. The second-order valence-corrected chi connectivity index (χ2v) is 4.47. The largest absolute Gasteiger partial charge is 0.497 e. The third-order valence-electron chi connectivity index (χ3n) is 3.64. The Hall–Kier alpha value is -1.02. The molecule has 1 aromatic rings. The van der Waals surface area contributed by atoms with Crippen molar-refractivity contribution >= 4 is 0 Å². The van der Waals surface area contributed by atoms with Gasteiger partial charge in [0.1, 0.15) is 11.4 Å². The van der Waals surface area contributed by atoms with Crippen LogP contribution in [-0.4, -0.2) is 13.2 Å². The van der Waals surface area contributed by atoms with Crippen molar-refractivity contribution in [1.82, 2.24) is 0 Å². The van der Waals surface area contributed by atoms with E-state index in [0.29, 0.717) is 6.10 Å². The molecule has 0 radical (unpaired) electrons. The topological polar surface area (TPSA) is 21.8 Å². The number of hydrogen-bond acceptors (Lipinski definition) is 2. The molecule has 2 heteroatoms. The van der Waals surface area contributed by atoms with Crippen LogP contribution in [0, 0.1) is 0 Å². The lowest BCUT2D eigenvalue weighted by molar-refractivity contribution is 0.288. The second kappa shape index (κ2) is 3.24. The lowest BCUT2D eigenvalue weighted by atomic mass is 9.84. The molecule has 1 aromatic carbocycles. The third kappa shape index (κ3) is 1.36. The molecule has 2 nitrogen and oxygen atoms in total. The van der Waals surface area contributed by atoms with Crippen molar-refractivity contribution in [2.75, 3.05) is 7.11 Å². The Balaban J connectivity index is 1.92.